The molecule has 3 aliphatic rings. The molecular formula is C18H21N3O3. The first-order chi connectivity index (χ1) is 11.5. The fourth-order valence-corrected chi connectivity index (χ4v) is 4.40. The standard InChI is InChI=1S/C18H21N3O3/c1-2-10-21-16(24)17(8-4-3-5-9-17)20-18(21)13-7-6-12(22)11-14(13)19-15(18)23/h2,6-7,11,20,22H,1,3-5,8-10H2,(H,19,23). The van der Waals surface area contributed by atoms with Crippen LogP contribution in [0, 0.1) is 0 Å². The summed E-state index contributed by atoms with van der Waals surface area (Å²) in [7, 11) is 0. The third-order valence-electron chi connectivity index (χ3n) is 5.47. The number of amides is 2. The Labute approximate surface area is 140 Å². The van der Waals surface area contributed by atoms with Gasteiger partial charge < -0.3 is 15.3 Å². The Bertz CT molecular complexity index is 739. The summed E-state index contributed by atoms with van der Waals surface area (Å²) in [6.45, 7) is 4.04. The van der Waals surface area contributed by atoms with Crippen LogP contribution >= 0.6 is 0 Å². The molecule has 0 radical (unpaired) electrons. The van der Waals surface area contributed by atoms with Gasteiger partial charge in [-0.25, -0.2) is 0 Å². The third kappa shape index (κ3) is 1.80. The summed E-state index contributed by atoms with van der Waals surface area (Å²) in [4.78, 5) is 27.8. The molecule has 126 valence electrons. The number of carbonyl (C=O) groups excluding carboxylic acids is 2. The monoisotopic (exact) mass is 327 g/mol. The zero-order valence-electron chi connectivity index (χ0n) is 13.5. The summed E-state index contributed by atoms with van der Waals surface area (Å²) in [6.07, 6.45) is 6.18. The van der Waals surface area contributed by atoms with Crippen LogP contribution in [0.15, 0.2) is 30.9 Å². The number of hydrogen-bond donors (Lipinski definition) is 3. The molecule has 2 aliphatic heterocycles. The molecule has 6 heteroatoms. The lowest BCUT2D eigenvalue weighted by Gasteiger charge is -2.33. The molecule has 24 heavy (non-hydrogen) atoms. The van der Waals surface area contributed by atoms with E-state index < -0.39 is 11.2 Å². The SMILES string of the molecule is C=CCN1C(=O)C2(CCCCC2)NC12C(=O)Nc1cc(O)ccc12. The third-order valence-corrected chi connectivity index (χ3v) is 5.47. The van der Waals surface area contributed by atoms with Crippen molar-refractivity contribution < 1.29 is 14.7 Å². The quantitative estimate of drug-likeness (QED) is 0.724. The van der Waals surface area contributed by atoms with E-state index in [0.717, 1.165) is 32.1 Å². The Morgan fingerprint density at radius 1 is 1.25 bits per heavy atom. The Morgan fingerprint density at radius 3 is 2.71 bits per heavy atom. The van der Waals surface area contributed by atoms with Crippen LogP contribution in [0.4, 0.5) is 5.69 Å². The molecule has 1 aliphatic carbocycles. The number of nitrogens with one attached hydrogen (secondary N) is 2. The molecule has 2 fully saturated rings. The predicted molar refractivity (Wildman–Crippen MR) is 89.3 cm³/mol. The van der Waals surface area contributed by atoms with Crippen molar-refractivity contribution in [1.82, 2.24) is 10.2 Å². The lowest BCUT2D eigenvalue weighted by Crippen LogP contribution is -2.57. The van der Waals surface area contributed by atoms with E-state index in [1.807, 2.05) is 0 Å². The average Bonchev–Trinajstić information content (AvgIpc) is 2.96. The predicted octanol–water partition coefficient (Wildman–Crippen LogP) is 1.82. The van der Waals surface area contributed by atoms with Gasteiger partial charge in [-0.15, -0.1) is 6.58 Å². The van der Waals surface area contributed by atoms with Gasteiger partial charge in [0.2, 0.25) is 11.6 Å². The molecule has 0 aromatic heterocycles. The van der Waals surface area contributed by atoms with Crippen LogP contribution in [0.1, 0.15) is 37.7 Å². The van der Waals surface area contributed by atoms with Crippen molar-refractivity contribution >= 4 is 17.5 Å². The second-order valence-electron chi connectivity index (χ2n) is 6.87. The van der Waals surface area contributed by atoms with Gasteiger partial charge in [-0.3, -0.25) is 14.9 Å². The summed E-state index contributed by atoms with van der Waals surface area (Å²) >= 11 is 0. The van der Waals surface area contributed by atoms with Crippen molar-refractivity contribution in [3.05, 3.63) is 36.4 Å². The number of hydrogen-bond acceptors (Lipinski definition) is 4. The topological polar surface area (TPSA) is 81.7 Å². The van der Waals surface area contributed by atoms with E-state index in [9.17, 15) is 14.7 Å². The molecule has 2 amide bonds. The fraction of sp³-hybridized carbons (Fsp3) is 0.444. The highest BCUT2D eigenvalue weighted by molar-refractivity contribution is 6.10. The number of benzene rings is 1. The lowest BCUT2D eigenvalue weighted by atomic mass is 9.81. The Morgan fingerprint density at radius 2 is 2.00 bits per heavy atom. The summed E-state index contributed by atoms with van der Waals surface area (Å²) in [5.74, 6) is -0.225. The van der Waals surface area contributed by atoms with Crippen LogP contribution in [0.2, 0.25) is 0 Å². The normalized spacial score (nSPS) is 27.6. The van der Waals surface area contributed by atoms with Gasteiger partial charge in [-0.1, -0.05) is 25.3 Å². The van der Waals surface area contributed by atoms with Gasteiger partial charge >= 0.3 is 0 Å². The van der Waals surface area contributed by atoms with E-state index >= 15 is 0 Å². The Hall–Kier alpha value is -2.34. The Kier molecular flexibility index (Phi) is 3.22. The van der Waals surface area contributed by atoms with Gasteiger partial charge in [0.05, 0.1) is 5.69 Å². The number of aromatic hydroxyl groups is 1. The molecule has 1 saturated carbocycles. The van der Waals surface area contributed by atoms with Crippen LogP contribution < -0.4 is 10.6 Å². The molecular weight excluding hydrogens is 306 g/mol. The van der Waals surface area contributed by atoms with Crippen molar-refractivity contribution in [3.63, 3.8) is 0 Å². The molecule has 6 nitrogen and oxygen atoms in total. The highest BCUT2D eigenvalue weighted by atomic mass is 16.3. The van der Waals surface area contributed by atoms with Gasteiger partial charge in [-0.2, -0.15) is 0 Å². The maximum atomic E-state index is 13.2. The minimum atomic E-state index is -1.22. The zero-order valence-corrected chi connectivity index (χ0v) is 13.5. The second kappa shape index (κ2) is 5.08. The van der Waals surface area contributed by atoms with Gasteiger partial charge in [-0.05, 0) is 25.0 Å². The highest BCUT2D eigenvalue weighted by Gasteiger charge is 2.65. The van der Waals surface area contributed by atoms with Crippen molar-refractivity contribution in [2.45, 2.75) is 43.3 Å². The van der Waals surface area contributed by atoms with Gasteiger partial charge in [0.25, 0.3) is 5.91 Å². The molecule has 1 atom stereocenters. The summed E-state index contributed by atoms with van der Waals surface area (Å²) in [5.41, 5.74) is -0.672. The minimum absolute atomic E-state index is 0.0295. The molecule has 2 heterocycles. The van der Waals surface area contributed by atoms with Crippen LogP contribution in [0.25, 0.3) is 0 Å². The summed E-state index contributed by atoms with van der Waals surface area (Å²) < 4.78 is 0. The maximum Gasteiger partial charge on any atom is 0.270 e. The van der Waals surface area contributed by atoms with Gasteiger partial charge in [0, 0.05) is 18.2 Å². The lowest BCUT2D eigenvalue weighted by molar-refractivity contribution is -0.140. The molecule has 1 aromatic rings. The van der Waals surface area contributed by atoms with E-state index in [1.54, 1.807) is 23.1 Å². The number of rotatable bonds is 2. The minimum Gasteiger partial charge on any atom is -0.508 e. The average molecular weight is 327 g/mol. The zero-order chi connectivity index (χ0) is 16.9. The molecule has 1 unspecified atom stereocenters. The van der Waals surface area contributed by atoms with Crippen molar-refractivity contribution in [3.8, 4) is 5.75 Å². The maximum absolute atomic E-state index is 13.2. The first-order valence-corrected chi connectivity index (χ1v) is 8.41. The fourth-order valence-electron chi connectivity index (χ4n) is 4.40. The van der Waals surface area contributed by atoms with Gasteiger partial charge in [0.15, 0.2) is 0 Å². The van der Waals surface area contributed by atoms with E-state index in [-0.39, 0.29) is 17.6 Å². The van der Waals surface area contributed by atoms with Crippen molar-refractivity contribution in [2.24, 2.45) is 0 Å². The number of nitrogens with zero attached hydrogens (tertiary/aromatic N) is 1. The number of fused-ring (bicyclic) bond motifs is 2. The van der Waals surface area contributed by atoms with E-state index in [4.69, 9.17) is 0 Å². The number of phenols is 1. The van der Waals surface area contributed by atoms with E-state index in [2.05, 4.69) is 17.2 Å². The summed E-state index contributed by atoms with van der Waals surface area (Å²) in [6, 6.07) is 4.78. The first kappa shape index (κ1) is 15.2. The summed E-state index contributed by atoms with van der Waals surface area (Å²) in [5, 5.41) is 15.9. The highest BCUT2D eigenvalue weighted by Crippen LogP contribution is 2.48. The van der Waals surface area contributed by atoms with Crippen LogP contribution in [-0.4, -0.2) is 33.9 Å². The number of anilines is 1. The second-order valence-corrected chi connectivity index (χ2v) is 6.87. The van der Waals surface area contributed by atoms with E-state index in [1.165, 1.54) is 6.07 Å². The van der Waals surface area contributed by atoms with Crippen molar-refractivity contribution in [1.29, 1.82) is 0 Å². The molecule has 2 spiro atoms. The van der Waals surface area contributed by atoms with E-state index in [0.29, 0.717) is 17.8 Å². The smallest absolute Gasteiger partial charge is 0.270 e. The largest absolute Gasteiger partial charge is 0.508 e. The van der Waals surface area contributed by atoms with Gasteiger partial charge in [0.1, 0.15) is 11.3 Å². The molecule has 1 aromatic carbocycles. The molecule has 1 saturated heterocycles. The van der Waals surface area contributed by atoms with Crippen LogP contribution in [-0.2, 0) is 15.3 Å². The number of phenolic OH excluding ortho intramolecular Hbond substituents is 1. The first-order valence-electron chi connectivity index (χ1n) is 8.41. The van der Waals surface area contributed by atoms with Crippen LogP contribution in [0.5, 0.6) is 5.75 Å². The number of carbonyl (C=O) groups is 2. The Balaban J connectivity index is 1.88. The molecule has 0 bridgehead atoms. The molecule has 4 rings (SSSR count). The van der Waals surface area contributed by atoms with Crippen molar-refractivity contribution in [2.75, 3.05) is 11.9 Å². The van der Waals surface area contributed by atoms with Crippen LogP contribution in [0.3, 0.4) is 0 Å². The molecule has 3 N–H and O–H groups in total.